The Kier molecular flexibility index (Phi) is 5.70. The Balaban J connectivity index is 1.62. The van der Waals surface area contributed by atoms with Gasteiger partial charge in [-0.05, 0) is 31.0 Å². The number of benzene rings is 1. The quantitative estimate of drug-likeness (QED) is 0.633. The number of nitrogens with zero attached hydrogens (tertiary/aromatic N) is 4. The Morgan fingerprint density at radius 3 is 2.82 bits per heavy atom. The van der Waals surface area contributed by atoms with E-state index in [1.165, 1.54) is 5.56 Å². The summed E-state index contributed by atoms with van der Waals surface area (Å²) in [5, 5.41) is 4.55. The van der Waals surface area contributed by atoms with Crippen LogP contribution in [0.4, 0.5) is 5.13 Å². The monoisotopic (exact) mass is 400 g/mol. The van der Waals surface area contributed by atoms with Crippen molar-refractivity contribution >= 4 is 32.6 Å². The van der Waals surface area contributed by atoms with Crippen molar-refractivity contribution in [3.63, 3.8) is 0 Å². The zero-order valence-electron chi connectivity index (χ0n) is 16.2. The number of aromatic nitrogens is 2. The molecule has 1 aliphatic rings. The number of morpholine rings is 1. The van der Waals surface area contributed by atoms with Crippen molar-refractivity contribution in [3.8, 4) is 0 Å². The third-order valence-corrected chi connectivity index (χ3v) is 5.95. The molecule has 0 spiro atoms. The summed E-state index contributed by atoms with van der Waals surface area (Å²) in [7, 11) is 0. The van der Waals surface area contributed by atoms with Crippen LogP contribution < -0.4 is 4.90 Å². The highest BCUT2D eigenvalue weighted by molar-refractivity contribution is 7.22. The summed E-state index contributed by atoms with van der Waals surface area (Å²) in [6.45, 7) is 8.46. The van der Waals surface area contributed by atoms with Crippen molar-refractivity contribution in [1.29, 1.82) is 0 Å². The normalized spacial score (nSPS) is 15.2. The molecule has 1 aromatic carbocycles. The van der Waals surface area contributed by atoms with Crippen LogP contribution >= 0.6 is 11.3 Å². The molecule has 1 saturated heterocycles. The highest BCUT2D eigenvalue weighted by Gasteiger charge is 2.25. The van der Waals surface area contributed by atoms with Crippen LogP contribution in [0.25, 0.3) is 10.2 Å². The first-order chi connectivity index (χ1) is 13.6. The molecule has 148 valence electrons. The Labute approximate surface area is 167 Å². The third kappa shape index (κ3) is 4.09. The molecule has 28 heavy (non-hydrogen) atoms. The van der Waals surface area contributed by atoms with E-state index in [4.69, 9.17) is 14.2 Å². The van der Waals surface area contributed by atoms with E-state index in [-0.39, 0.29) is 11.7 Å². The van der Waals surface area contributed by atoms with E-state index < -0.39 is 0 Å². The summed E-state index contributed by atoms with van der Waals surface area (Å²) in [4.78, 5) is 21.9. The molecule has 0 N–H and O–H groups in total. The van der Waals surface area contributed by atoms with Gasteiger partial charge in [0, 0.05) is 32.2 Å². The third-order valence-electron chi connectivity index (χ3n) is 4.91. The Bertz CT molecular complexity index is 961. The number of fused-ring (bicyclic) bond motifs is 1. The summed E-state index contributed by atoms with van der Waals surface area (Å²) in [5.41, 5.74) is 2.86. The Morgan fingerprint density at radius 1 is 1.29 bits per heavy atom. The molecule has 0 unspecified atom stereocenters. The van der Waals surface area contributed by atoms with Crippen molar-refractivity contribution in [3.05, 3.63) is 41.3 Å². The van der Waals surface area contributed by atoms with Crippen LogP contribution in [0.1, 0.15) is 28.7 Å². The fourth-order valence-corrected chi connectivity index (χ4v) is 4.29. The van der Waals surface area contributed by atoms with Crippen molar-refractivity contribution in [1.82, 2.24) is 15.0 Å². The minimum Gasteiger partial charge on any atom is -0.379 e. The molecule has 1 fully saturated rings. The second kappa shape index (κ2) is 8.38. The molecule has 0 atom stereocenters. The SMILES string of the molecule is CCc1ccc2nc(N(CCN3CCOCC3)C(=O)c3cc(C)no3)sc2c1. The lowest BCUT2D eigenvalue weighted by Gasteiger charge is -2.28. The first-order valence-electron chi connectivity index (χ1n) is 9.59. The summed E-state index contributed by atoms with van der Waals surface area (Å²) < 4.78 is 11.7. The van der Waals surface area contributed by atoms with Gasteiger partial charge in [0.25, 0.3) is 5.91 Å². The van der Waals surface area contributed by atoms with Gasteiger partial charge >= 0.3 is 0 Å². The number of rotatable bonds is 6. The summed E-state index contributed by atoms with van der Waals surface area (Å²) in [6, 6.07) is 7.94. The second-order valence-electron chi connectivity index (χ2n) is 6.90. The molecule has 1 aliphatic heterocycles. The second-order valence-corrected chi connectivity index (χ2v) is 7.90. The molecule has 7 nitrogen and oxygen atoms in total. The standard InChI is InChI=1S/C20H24N4O3S/c1-3-15-4-5-16-18(13-15)28-20(21-16)24(7-6-23-8-10-26-11-9-23)19(25)17-12-14(2)22-27-17/h4-5,12-13H,3,6-11H2,1-2H3. The first kappa shape index (κ1) is 19.0. The van der Waals surface area contributed by atoms with Crippen molar-refractivity contribution < 1.29 is 14.1 Å². The lowest BCUT2D eigenvalue weighted by Crippen LogP contribution is -2.43. The molecule has 0 aliphatic carbocycles. The summed E-state index contributed by atoms with van der Waals surface area (Å²) in [5.74, 6) is 0.0385. The number of carbonyl (C=O) groups excluding carboxylic acids is 1. The first-order valence-corrected chi connectivity index (χ1v) is 10.4. The molecule has 0 bridgehead atoms. The average molecular weight is 401 g/mol. The maximum absolute atomic E-state index is 13.1. The number of amides is 1. The molecule has 1 amide bonds. The molecule has 3 heterocycles. The van der Waals surface area contributed by atoms with Crippen LogP contribution in [-0.2, 0) is 11.2 Å². The highest BCUT2D eigenvalue weighted by Crippen LogP contribution is 2.30. The van der Waals surface area contributed by atoms with Crippen LogP contribution in [0.5, 0.6) is 0 Å². The van der Waals surface area contributed by atoms with Gasteiger partial charge in [-0.25, -0.2) is 4.98 Å². The predicted molar refractivity (Wildman–Crippen MR) is 109 cm³/mol. The molecule has 0 saturated carbocycles. The minimum atomic E-state index is -0.205. The smallest absolute Gasteiger partial charge is 0.298 e. The Hall–Kier alpha value is -2.29. The highest BCUT2D eigenvalue weighted by atomic mass is 32.1. The zero-order valence-corrected chi connectivity index (χ0v) is 17.0. The van der Waals surface area contributed by atoms with Crippen molar-refractivity contribution in [2.45, 2.75) is 20.3 Å². The predicted octanol–water partition coefficient (Wildman–Crippen LogP) is 3.13. The number of hydrogen-bond donors (Lipinski definition) is 0. The van der Waals surface area contributed by atoms with E-state index in [9.17, 15) is 4.79 Å². The average Bonchev–Trinajstić information content (AvgIpc) is 3.34. The molecule has 2 aromatic heterocycles. The Morgan fingerprint density at radius 2 is 2.11 bits per heavy atom. The maximum Gasteiger partial charge on any atom is 0.298 e. The van der Waals surface area contributed by atoms with Gasteiger partial charge in [-0.1, -0.05) is 29.5 Å². The van der Waals surface area contributed by atoms with E-state index in [2.05, 4.69) is 29.1 Å². The van der Waals surface area contributed by atoms with E-state index in [0.29, 0.717) is 17.4 Å². The van der Waals surface area contributed by atoms with Crippen molar-refractivity contribution in [2.24, 2.45) is 0 Å². The number of ether oxygens (including phenoxy) is 1. The minimum absolute atomic E-state index is 0.205. The van der Waals surface area contributed by atoms with Gasteiger partial charge in [0.05, 0.1) is 29.1 Å². The summed E-state index contributed by atoms with van der Waals surface area (Å²) in [6.07, 6.45) is 0.972. The maximum atomic E-state index is 13.1. The van der Waals surface area contributed by atoms with Gasteiger partial charge in [-0.2, -0.15) is 0 Å². The van der Waals surface area contributed by atoms with Gasteiger partial charge in [0.2, 0.25) is 5.76 Å². The topological polar surface area (TPSA) is 71.7 Å². The van der Waals surface area contributed by atoms with E-state index in [1.807, 2.05) is 13.0 Å². The fraction of sp³-hybridized carbons (Fsp3) is 0.450. The van der Waals surface area contributed by atoms with Crippen LogP contribution in [-0.4, -0.2) is 60.3 Å². The van der Waals surface area contributed by atoms with E-state index in [0.717, 1.165) is 49.5 Å². The molecular weight excluding hydrogens is 376 g/mol. The van der Waals surface area contributed by atoms with Gasteiger partial charge < -0.3 is 9.26 Å². The largest absolute Gasteiger partial charge is 0.379 e. The molecular formula is C20H24N4O3S. The van der Waals surface area contributed by atoms with Gasteiger partial charge in [0.1, 0.15) is 0 Å². The van der Waals surface area contributed by atoms with Crippen LogP contribution in [0.15, 0.2) is 28.8 Å². The number of carbonyl (C=O) groups is 1. The lowest BCUT2D eigenvalue weighted by atomic mass is 10.2. The number of thiazole rings is 1. The zero-order chi connectivity index (χ0) is 19.5. The van der Waals surface area contributed by atoms with Crippen LogP contribution in [0, 0.1) is 6.92 Å². The molecule has 4 rings (SSSR count). The molecule has 0 radical (unpaired) electrons. The fourth-order valence-electron chi connectivity index (χ4n) is 3.24. The van der Waals surface area contributed by atoms with Crippen LogP contribution in [0.3, 0.4) is 0 Å². The van der Waals surface area contributed by atoms with Gasteiger partial charge in [0.15, 0.2) is 5.13 Å². The van der Waals surface area contributed by atoms with E-state index in [1.54, 1.807) is 22.3 Å². The number of hydrogen-bond acceptors (Lipinski definition) is 7. The molecule has 8 heteroatoms. The van der Waals surface area contributed by atoms with Gasteiger partial charge in [-0.15, -0.1) is 0 Å². The van der Waals surface area contributed by atoms with Crippen LogP contribution in [0.2, 0.25) is 0 Å². The molecule has 3 aromatic rings. The lowest BCUT2D eigenvalue weighted by molar-refractivity contribution is 0.0390. The number of anilines is 1. The number of aryl methyl sites for hydroxylation is 2. The van der Waals surface area contributed by atoms with Gasteiger partial charge in [-0.3, -0.25) is 14.6 Å². The van der Waals surface area contributed by atoms with Crippen molar-refractivity contribution in [2.75, 3.05) is 44.3 Å². The summed E-state index contributed by atoms with van der Waals surface area (Å²) >= 11 is 1.54. The van der Waals surface area contributed by atoms with E-state index >= 15 is 0 Å².